The van der Waals surface area contributed by atoms with E-state index in [4.69, 9.17) is 4.74 Å². The molecule has 1 saturated heterocycles. The van der Waals surface area contributed by atoms with Crippen LogP contribution < -0.4 is 5.32 Å². The molecule has 0 radical (unpaired) electrons. The average Bonchev–Trinajstić information content (AvgIpc) is 2.92. The summed E-state index contributed by atoms with van der Waals surface area (Å²) in [7, 11) is 0. The first-order valence-electron chi connectivity index (χ1n) is 8.25. The van der Waals surface area contributed by atoms with E-state index in [2.05, 4.69) is 29.6 Å². The number of unbranched alkanes of at least 4 members (excludes halogenated alkanes) is 4. The summed E-state index contributed by atoms with van der Waals surface area (Å²) in [6.45, 7) is 0.422. The van der Waals surface area contributed by atoms with Gasteiger partial charge in [-0.25, -0.2) is 4.79 Å². The van der Waals surface area contributed by atoms with Gasteiger partial charge in [0.2, 0.25) is 5.91 Å². The smallest absolute Gasteiger partial charge is 0.328 e. The van der Waals surface area contributed by atoms with Crippen LogP contribution in [0.1, 0.15) is 50.5 Å². The Morgan fingerprint density at radius 2 is 1.82 bits per heavy atom. The number of rotatable bonds is 9. The molecule has 2 rings (SSSR count). The van der Waals surface area contributed by atoms with Crippen LogP contribution in [0.15, 0.2) is 30.3 Å². The Labute approximate surface area is 132 Å². The van der Waals surface area contributed by atoms with Crippen LogP contribution in [0.4, 0.5) is 0 Å². The van der Waals surface area contributed by atoms with E-state index in [1.54, 1.807) is 0 Å². The number of ether oxygens (including phenoxy) is 1. The molecule has 1 aliphatic rings. The van der Waals surface area contributed by atoms with E-state index in [1.165, 1.54) is 18.4 Å². The Kier molecular flexibility index (Phi) is 6.94. The number of benzene rings is 1. The molecule has 1 fully saturated rings. The quantitative estimate of drug-likeness (QED) is 0.563. The Balaban J connectivity index is 1.45. The van der Waals surface area contributed by atoms with Crippen molar-refractivity contribution in [2.24, 2.45) is 0 Å². The Bertz CT molecular complexity index is 472. The van der Waals surface area contributed by atoms with Crippen molar-refractivity contribution in [3.8, 4) is 0 Å². The zero-order valence-corrected chi connectivity index (χ0v) is 13.1. The maximum absolute atomic E-state index is 11.7. The van der Waals surface area contributed by atoms with Crippen LogP contribution in [0.3, 0.4) is 0 Å². The maximum Gasteiger partial charge on any atom is 0.328 e. The highest BCUT2D eigenvalue weighted by Crippen LogP contribution is 2.10. The van der Waals surface area contributed by atoms with E-state index < -0.39 is 6.04 Å². The summed E-state index contributed by atoms with van der Waals surface area (Å²) in [6, 6.07) is 10.1. The van der Waals surface area contributed by atoms with Crippen molar-refractivity contribution < 1.29 is 14.3 Å². The van der Waals surface area contributed by atoms with Gasteiger partial charge in [0.15, 0.2) is 0 Å². The molecule has 0 spiro atoms. The van der Waals surface area contributed by atoms with Gasteiger partial charge in [0, 0.05) is 12.8 Å². The number of carbonyl (C=O) groups is 2. The zero-order valence-electron chi connectivity index (χ0n) is 13.1. The van der Waals surface area contributed by atoms with E-state index in [1.807, 2.05) is 6.07 Å². The lowest BCUT2D eigenvalue weighted by Crippen LogP contribution is -2.37. The van der Waals surface area contributed by atoms with Crippen LogP contribution in [0.25, 0.3) is 0 Å². The fourth-order valence-electron chi connectivity index (χ4n) is 2.68. The van der Waals surface area contributed by atoms with Crippen molar-refractivity contribution >= 4 is 11.9 Å². The number of esters is 1. The van der Waals surface area contributed by atoms with Crippen molar-refractivity contribution in [2.45, 2.75) is 57.4 Å². The molecular weight excluding hydrogens is 278 g/mol. The van der Waals surface area contributed by atoms with Gasteiger partial charge in [0.25, 0.3) is 0 Å². The Hall–Kier alpha value is -1.84. The van der Waals surface area contributed by atoms with Crippen molar-refractivity contribution in [1.82, 2.24) is 5.32 Å². The molecule has 1 aromatic carbocycles. The number of cyclic esters (lactones) is 1. The molecule has 1 atom stereocenters. The Morgan fingerprint density at radius 3 is 2.55 bits per heavy atom. The predicted molar refractivity (Wildman–Crippen MR) is 85.4 cm³/mol. The first-order valence-corrected chi connectivity index (χ1v) is 8.25. The second kappa shape index (κ2) is 9.23. The van der Waals surface area contributed by atoms with Crippen LogP contribution in [-0.2, 0) is 20.7 Å². The monoisotopic (exact) mass is 303 g/mol. The second-order valence-corrected chi connectivity index (χ2v) is 5.83. The molecule has 22 heavy (non-hydrogen) atoms. The fraction of sp³-hybridized carbons (Fsp3) is 0.556. The summed E-state index contributed by atoms with van der Waals surface area (Å²) >= 11 is 0. The molecule has 4 heteroatoms. The summed E-state index contributed by atoms with van der Waals surface area (Å²) in [5.74, 6) is -0.331. The molecule has 0 unspecified atom stereocenters. The van der Waals surface area contributed by atoms with Crippen molar-refractivity contribution in [2.75, 3.05) is 6.61 Å². The lowest BCUT2D eigenvalue weighted by molar-refractivity contribution is -0.141. The number of carbonyl (C=O) groups excluding carboxylic acids is 2. The van der Waals surface area contributed by atoms with Gasteiger partial charge in [-0.3, -0.25) is 4.79 Å². The molecule has 1 aromatic rings. The van der Waals surface area contributed by atoms with E-state index in [9.17, 15) is 9.59 Å². The highest BCUT2D eigenvalue weighted by atomic mass is 16.5. The molecule has 0 aliphatic carbocycles. The van der Waals surface area contributed by atoms with Gasteiger partial charge in [0.1, 0.15) is 6.04 Å². The van der Waals surface area contributed by atoms with Gasteiger partial charge in [-0.05, 0) is 24.8 Å². The maximum atomic E-state index is 11.7. The minimum atomic E-state index is -0.418. The SMILES string of the molecule is O=C(CCCCCCCc1ccccc1)N[C@H]1CCOC1=O. The molecule has 4 nitrogen and oxygen atoms in total. The van der Waals surface area contributed by atoms with Gasteiger partial charge < -0.3 is 10.1 Å². The number of hydrogen-bond donors (Lipinski definition) is 1. The standard InChI is InChI=1S/C18H25NO3/c20-17(19-16-13-14-22-18(16)21)12-8-3-1-2-5-9-15-10-6-4-7-11-15/h4,6-7,10-11,16H,1-3,5,8-9,12-14H2,(H,19,20)/t16-/m0/s1. The number of nitrogens with one attached hydrogen (secondary N) is 1. The summed E-state index contributed by atoms with van der Waals surface area (Å²) in [4.78, 5) is 22.9. The third-order valence-electron chi connectivity index (χ3n) is 3.98. The summed E-state index contributed by atoms with van der Waals surface area (Å²) in [5, 5.41) is 2.74. The first kappa shape index (κ1) is 16.5. The van der Waals surface area contributed by atoms with Crippen LogP contribution in [0.5, 0.6) is 0 Å². The van der Waals surface area contributed by atoms with Crippen LogP contribution in [0.2, 0.25) is 0 Å². The molecule has 0 bridgehead atoms. The number of aryl methyl sites for hydroxylation is 1. The molecule has 1 amide bonds. The Morgan fingerprint density at radius 1 is 1.09 bits per heavy atom. The second-order valence-electron chi connectivity index (χ2n) is 5.83. The minimum Gasteiger partial charge on any atom is -0.464 e. The fourth-order valence-corrected chi connectivity index (χ4v) is 2.68. The largest absolute Gasteiger partial charge is 0.464 e. The van der Waals surface area contributed by atoms with Crippen LogP contribution in [-0.4, -0.2) is 24.5 Å². The summed E-state index contributed by atoms with van der Waals surface area (Å²) in [6.07, 6.45) is 7.75. The average molecular weight is 303 g/mol. The molecule has 0 aromatic heterocycles. The van der Waals surface area contributed by atoms with E-state index in [0.29, 0.717) is 19.4 Å². The highest BCUT2D eigenvalue weighted by molar-refractivity contribution is 5.85. The van der Waals surface area contributed by atoms with E-state index in [0.717, 1.165) is 25.7 Å². The van der Waals surface area contributed by atoms with E-state index in [-0.39, 0.29) is 11.9 Å². The predicted octanol–water partition coefficient (Wildman–Crippen LogP) is 3.00. The van der Waals surface area contributed by atoms with Gasteiger partial charge in [0.05, 0.1) is 6.61 Å². The normalized spacial score (nSPS) is 17.3. The van der Waals surface area contributed by atoms with Gasteiger partial charge in [-0.2, -0.15) is 0 Å². The van der Waals surface area contributed by atoms with Crippen molar-refractivity contribution in [3.63, 3.8) is 0 Å². The summed E-state index contributed by atoms with van der Waals surface area (Å²) < 4.78 is 4.82. The minimum absolute atomic E-state index is 0.0341. The van der Waals surface area contributed by atoms with Gasteiger partial charge >= 0.3 is 5.97 Å². The third-order valence-corrected chi connectivity index (χ3v) is 3.98. The van der Waals surface area contributed by atoms with Gasteiger partial charge in [-0.15, -0.1) is 0 Å². The molecule has 0 saturated carbocycles. The van der Waals surface area contributed by atoms with Gasteiger partial charge in [-0.1, -0.05) is 49.6 Å². The van der Waals surface area contributed by atoms with Crippen LogP contribution >= 0.6 is 0 Å². The van der Waals surface area contributed by atoms with Crippen molar-refractivity contribution in [1.29, 1.82) is 0 Å². The summed E-state index contributed by atoms with van der Waals surface area (Å²) in [5.41, 5.74) is 1.39. The molecule has 120 valence electrons. The topological polar surface area (TPSA) is 55.4 Å². The lowest BCUT2D eigenvalue weighted by Gasteiger charge is -2.08. The zero-order chi connectivity index (χ0) is 15.6. The molecule has 1 N–H and O–H groups in total. The molecular formula is C18H25NO3. The van der Waals surface area contributed by atoms with Crippen molar-refractivity contribution in [3.05, 3.63) is 35.9 Å². The molecule has 1 aliphatic heterocycles. The van der Waals surface area contributed by atoms with E-state index >= 15 is 0 Å². The highest BCUT2D eigenvalue weighted by Gasteiger charge is 2.27. The lowest BCUT2D eigenvalue weighted by atomic mass is 10.0. The van der Waals surface area contributed by atoms with Crippen LogP contribution in [0, 0.1) is 0 Å². The number of amides is 1. The number of hydrogen-bond acceptors (Lipinski definition) is 3. The molecule has 1 heterocycles. The first-order chi connectivity index (χ1) is 10.8. The third kappa shape index (κ3) is 5.88.